The third kappa shape index (κ3) is 6.28. The Morgan fingerprint density at radius 3 is 2.30 bits per heavy atom. The molecule has 1 atom stereocenters. The van der Waals surface area contributed by atoms with Crippen molar-refractivity contribution in [2.45, 2.75) is 45.3 Å². The van der Waals surface area contributed by atoms with Crippen molar-refractivity contribution in [2.24, 2.45) is 0 Å². The van der Waals surface area contributed by atoms with E-state index in [1.165, 1.54) is 0 Å². The van der Waals surface area contributed by atoms with Crippen LogP contribution in [0.5, 0.6) is 5.75 Å². The lowest BCUT2D eigenvalue weighted by atomic mass is 10.0. The van der Waals surface area contributed by atoms with E-state index in [9.17, 15) is 13.2 Å². The molecule has 0 aliphatic carbocycles. The lowest BCUT2D eigenvalue weighted by molar-refractivity contribution is -0.136. The molecule has 0 saturated heterocycles. The summed E-state index contributed by atoms with van der Waals surface area (Å²) in [6.45, 7) is 5.19. The molecule has 0 spiro atoms. The molecule has 1 N–H and O–H groups in total. The molecule has 0 bridgehead atoms. The SMILES string of the molecule is CCCOc1ccc(C(CCC(F)(F)F)NCC)cc1. The van der Waals surface area contributed by atoms with E-state index in [1.807, 2.05) is 38.1 Å². The van der Waals surface area contributed by atoms with Crippen LogP contribution in [0.3, 0.4) is 0 Å². The van der Waals surface area contributed by atoms with Crippen LogP contribution in [0, 0.1) is 0 Å². The Kier molecular flexibility index (Phi) is 6.85. The molecule has 114 valence electrons. The molecule has 0 aliphatic rings. The monoisotopic (exact) mass is 289 g/mol. The maximum absolute atomic E-state index is 12.3. The van der Waals surface area contributed by atoms with Gasteiger partial charge in [0.1, 0.15) is 5.75 Å². The van der Waals surface area contributed by atoms with Gasteiger partial charge < -0.3 is 10.1 Å². The standard InChI is InChI=1S/C15H22F3NO/c1-3-11-20-13-7-5-12(6-8-13)14(19-4-2)9-10-15(16,17)18/h5-8,14,19H,3-4,9-11H2,1-2H3. The van der Waals surface area contributed by atoms with E-state index in [4.69, 9.17) is 4.74 Å². The molecule has 20 heavy (non-hydrogen) atoms. The highest BCUT2D eigenvalue weighted by atomic mass is 19.4. The zero-order valence-electron chi connectivity index (χ0n) is 12.0. The summed E-state index contributed by atoms with van der Waals surface area (Å²) in [5.41, 5.74) is 0.861. The molecule has 1 rings (SSSR count). The van der Waals surface area contributed by atoms with Crippen LogP contribution >= 0.6 is 0 Å². The van der Waals surface area contributed by atoms with Crippen molar-refractivity contribution in [1.82, 2.24) is 5.32 Å². The molecule has 0 radical (unpaired) electrons. The summed E-state index contributed by atoms with van der Waals surface area (Å²) < 4.78 is 42.4. The topological polar surface area (TPSA) is 21.3 Å². The molecular weight excluding hydrogens is 267 g/mol. The molecule has 1 unspecified atom stereocenters. The first-order valence-electron chi connectivity index (χ1n) is 6.99. The van der Waals surface area contributed by atoms with Crippen LogP contribution < -0.4 is 10.1 Å². The number of nitrogens with one attached hydrogen (secondary N) is 1. The van der Waals surface area contributed by atoms with Crippen LogP contribution in [0.4, 0.5) is 13.2 Å². The van der Waals surface area contributed by atoms with E-state index in [-0.39, 0.29) is 12.5 Å². The summed E-state index contributed by atoms with van der Waals surface area (Å²) >= 11 is 0. The summed E-state index contributed by atoms with van der Waals surface area (Å²) in [7, 11) is 0. The second-order valence-electron chi connectivity index (χ2n) is 4.68. The van der Waals surface area contributed by atoms with Crippen molar-refractivity contribution >= 4 is 0 Å². The van der Waals surface area contributed by atoms with Crippen molar-refractivity contribution in [1.29, 1.82) is 0 Å². The molecule has 0 heterocycles. The number of alkyl halides is 3. The third-order valence-corrected chi connectivity index (χ3v) is 2.92. The first-order valence-corrected chi connectivity index (χ1v) is 6.99. The van der Waals surface area contributed by atoms with Crippen molar-refractivity contribution in [3.8, 4) is 5.75 Å². The summed E-state index contributed by atoms with van der Waals surface area (Å²) in [6.07, 6.45) is -3.92. The van der Waals surface area contributed by atoms with E-state index >= 15 is 0 Å². The van der Waals surface area contributed by atoms with Gasteiger partial charge in [0, 0.05) is 12.5 Å². The number of halogens is 3. The second-order valence-corrected chi connectivity index (χ2v) is 4.68. The van der Waals surface area contributed by atoms with Crippen molar-refractivity contribution in [3.63, 3.8) is 0 Å². The molecule has 0 aromatic heterocycles. The number of hydrogen-bond acceptors (Lipinski definition) is 2. The van der Waals surface area contributed by atoms with Gasteiger partial charge in [-0.15, -0.1) is 0 Å². The molecular formula is C15H22F3NO. The van der Waals surface area contributed by atoms with Gasteiger partial charge in [-0.25, -0.2) is 0 Å². The van der Waals surface area contributed by atoms with Crippen LogP contribution in [-0.2, 0) is 0 Å². The molecule has 0 fully saturated rings. The van der Waals surface area contributed by atoms with Gasteiger partial charge in [0.05, 0.1) is 6.61 Å². The van der Waals surface area contributed by atoms with Gasteiger partial charge in [0.2, 0.25) is 0 Å². The van der Waals surface area contributed by atoms with E-state index in [2.05, 4.69) is 5.32 Å². The zero-order chi connectivity index (χ0) is 15.0. The highest BCUT2D eigenvalue weighted by Gasteiger charge is 2.28. The lowest BCUT2D eigenvalue weighted by Crippen LogP contribution is -2.23. The van der Waals surface area contributed by atoms with E-state index in [0.29, 0.717) is 13.2 Å². The van der Waals surface area contributed by atoms with Crippen LogP contribution in [0.1, 0.15) is 44.7 Å². The van der Waals surface area contributed by atoms with E-state index in [1.54, 1.807) is 0 Å². The Hall–Kier alpha value is -1.23. The van der Waals surface area contributed by atoms with Crippen molar-refractivity contribution in [3.05, 3.63) is 29.8 Å². The predicted molar refractivity (Wildman–Crippen MR) is 73.9 cm³/mol. The number of benzene rings is 1. The van der Waals surface area contributed by atoms with Gasteiger partial charge in [-0.3, -0.25) is 0 Å². The van der Waals surface area contributed by atoms with E-state index in [0.717, 1.165) is 17.7 Å². The Labute approximate surface area is 118 Å². The fourth-order valence-corrected chi connectivity index (χ4v) is 1.96. The quantitative estimate of drug-likeness (QED) is 0.762. The van der Waals surface area contributed by atoms with Crippen molar-refractivity contribution in [2.75, 3.05) is 13.2 Å². The predicted octanol–water partition coefficient (Wildman–Crippen LogP) is 4.47. The number of rotatable bonds is 8. The third-order valence-electron chi connectivity index (χ3n) is 2.92. The smallest absolute Gasteiger partial charge is 0.389 e. The van der Waals surface area contributed by atoms with Crippen LogP contribution in [-0.4, -0.2) is 19.3 Å². The summed E-state index contributed by atoms with van der Waals surface area (Å²) in [5.74, 6) is 0.752. The maximum Gasteiger partial charge on any atom is 0.389 e. The summed E-state index contributed by atoms with van der Waals surface area (Å²) in [6, 6.07) is 7.00. The fourth-order valence-electron chi connectivity index (χ4n) is 1.96. The molecule has 2 nitrogen and oxygen atoms in total. The van der Waals surface area contributed by atoms with Gasteiger partial charge in [0.15, 0.2) is 0 Å². The normalized spacial score (nSPS) is 13.2. The van der Waals surface area contributed by atoms with Crippen molar-refractivity contribution < 1.29 is 17.9 Å². The first-order chi connectivity index (χ1) is 9.46. The number of ether oxygens (including phenoxy) is 1. The largest absolute Gasteiger partial charge is 0.494 e. The molecule has 0 saturated carbocycles. The Balaban J connectivity index is 2.66. The minimum Gasteiger partial charge on any atom is -0.494 e. The Bertz CT molecular complexity index is 376. The average molecular weight is 289 g/mol. The van der Waals surface area contributed by atoms with Gasteiger partial charge in [0.25, 0.3) is 0 Å². The minimum atomic E-state index is -4.11. The molecule has 1 aromatic rings. The van der Waals surface area contributed by atoms with Gasteiger partial charge in [-0.2, -0.15) is 13.2 Å². The Morgan fingerprint density at radius 1 is 1.15 bits per heavy atom. The first kappa shape index (κ1) is 16.8. The second kappa shape index (κ2) is 8.15. The average Bonchev–Trinajstić information content (AvgIpc) is 2.41. The van der Waals surface area contributed by atoms with E-state index < -0.39 is 12.6 Å². The Morgan fingerprint density at radius 2 is 1.80 bits per heavy atom. The maximum atomic E-state index is 12.3. The molecule has 1 aromatic carbocycles. The molecule has 0 amide bonds. The van der Waals surface area contributed by atoms with Crippen LogP contribution in [0.2, 0.25) is 0 Å². The molecule has 5 heteroatoms. The van der Waals surface area contributed by atoms with Crippen LogP contribution in [0.15, 0.2) is 24.3 Å². The highest BCUT2D eigenvalue weighted by molar-refractivity contribution is 5.29. The number of hydrogen-bond donors (Lipinski definition) is 1. The lowest BCUT2D eigenvalue weighted by Gasteiger charge is -2.19. The summed E-state index contributed by atoms with van der Waals surface area (Å²) in [4.78, 5) is 0. The fraction of sp³-hybridized carbons (Fsp3) is 0.600. The molecule has 0 aliphatic heterocycles. The minimum absolute atomic E-state index is 0.0481. The van der Waals surface area contributed by atoms with Gasteiger partial charge >= 0.3 is 6.18 Å². The van der Waals surface area contributed by atoms with Gasteiger partial charge in [-0.1, -0.05) is 26.0 Å². The highest BCUT2D eigenvalue weighted by Crippen LogP contribution is 2.28. The summed E-state index contributed by atoms with van der Waals surface area (Å²) in [5, 5.41) is 3.09. The van der Waals surface area contributed by atoms with Gasteiger partial charge in [-0.05, 0) is 37.1 Å². The zero-order valence-corrected chi connectivity index (χ0v) is 12.0. The van der Waals surface area contributed by atoms with Crippen LogP contribution in [0.25, 0.3) is 0 Å².